The first-order valence-electron chi connectivity index (χ1n) is 7.33. The summed E-state index contributed by atoms with van der Waals surface area (Å²) in [4.78, 5) is 10.2. The third-order valence-electron chi connectivity index (χ3n) is 4.31. The zero-order valence-corrected chi connectivity index (χ0v) is 13.2. The molecule has 1 aliphatic carbocycles. The average molecular weight is 276 g/mol. The molecule has 0 radical (unpaired) electrons. The highest BCUT2D eigenvalue weighted by Crippen LogP contribution is 2.56. The molecule has 0 saturated heterocycles. The van der Waals surface area contributed by atoms with E-state index < -0.39 is 13.2 Å². The Morgan fingerprint density at radius 3 is 2.39 bits per heavy atom. The molecular weight excluding hydrogens is 247 g/mol. The van der Waals surface area contributed by atoms with Crippen molar-refractivity contribution >= 4 is 7.60 Å². The van der Waals surface area contributed by atoms with Crippen molar-refractivity contribution in [3.05, 3.63) is 0 Å². The zero-order valence-electron chi connectivity index (χ0n) is 12.3. The van der Waals surface area contributed by atoms with Crippen molar-refractivity contribution in [2.24, 2.45) is 5.92 Å². The van der Waals surface area contributed by atoms with E-state index in [-0.39, 0.29) is 5.66 Å². The second-order valence-corrected chi connectivity index (χ2v) is 8.28. The Balaban J connectivity index is 2.65. The lowest BCUT2D eigenvalue weighted by Crippen LogP contribution is -2.33. The summed E-state index contributed by atoms with van der Waals surface area (Å²) in [5.74, 6) is 0.298. The molecule has 18 heavy (non-hydrogen) atoms. The predicted octanol–water partition coefficient (Wildman–Crippen LogP) is 4.74. The van der Waals surface area contributed by atoms with Crippen molar-refractivity contribution in [1.29, 1.82) is 0 Å². The second kappa shape index (κ2) is 6.54. The molecule has 4 heteroatoms. The topological polar surface area (TPSA) is 46.5 Å². The quantitative estimate of drug-likeness (QED) is 0.713. The van der Waals surface area contributed by atoms with Crippen LogP contribution in [0, 0.1) is 5.92 Å². The van der Waals surface area contributed by atoms with Gasteiger partial charge in [0.1, 0.15) is 0 Å². The van der Waals surface area contributed by atoms with Crippen LogP contribution in [-0.4, -0.2) is 16.2 Å². The number of hydrogen-bond donors (Lipinski definition) is 1. The summed E-state index contributed by atoms with van der Waals surface area (Å²) in [5, 5.41) is 0. The van der Waals surface area contributed by atoms with Crippen LogP contribution < -0.4 is 0 Å². The van der Waals surface area contributed by atoms with Crippen LogP contribution in [0.2, 0.25) is 0 Å². The van der Waals surface area contributed by atoms with E-state index in [4.69, 9.17) is 4.52 Å². The van der Waals surface area contributed by atoms with Crippen molar-refractivity contribution in [3.8, 4) is 0 Å². The first-order valence-corrected chi connectivity index (χ1v) is 8.97. The minimum atomic E-state index is -3.47. The highest BCUT2D eigenvalue weighted by molar-refractivity contribution is 7.53. The second-order valence-electron chi connectivity index (χ2n) is 6.24. The van der Waals surface area contributed by atoms with Gasteiger partial charge in [-0.15, -0.1) is 0 Å². The van der Waals surface area contributed by atoms with E-state index in [1.54, 1.807) is 0 Å². The molecule has 0 bridgehead atoms. The van der Waals surface area contributed by atoms with E-state index in [0.717, 1.165) is 38.5 Å². The monoisotopic (exact) mass is 276 g/mol. The van der Waals surface area contributed by atoms with Crippen LogP contribution in [0.15, 0.2) is 0 Å². The molecule has 1 N–H and O–H groups in total. The fraction of sp³-hybridized carbons (Fsp3) is 1.00. The van der Waals surface area contributed by atoms with Crippen LogP contribution in [0.5, 0.6) is 0 Å². The molecule has 1 fully saturated rings. The molecule has 0 aliphatic heterocycles. The average Bonchev–Trinajstić information content (AvgIpc) is 2.29. The van der Waals surface area contributed by atoms with Crippen LogP contribution >= 0.6 is 7.60 Å². The molecule has 0 heterocycles. The molecular formula is C14H29O3P. The SMILES string of the molecule is CCCC(C)C(C)(C)OP(=O)(O)C1CCCCC1. The molecule has 1 rings (SSSR count). The standard InChI is InChI=1S/C14H29O3P/c1-5-9-12(2)14(3,4)17-18(15,16)13-10-7-6-8-11-13/h12-13H,5-11H2,1-4H3,(H,15,16). The number of rotatable bonds is 6. The lowest BCUT2D eigenvalue weighted by atomic mass is 9.89. The highest BCUT2D eigenvalue weighted by atomic mass is 31.2. The molecule has 0 spiro atoms. The predicted molar refractivity (Wildman–Crippen MR) is 75.9 cm³/mol. The van der Waals surface area contributed by atoms with E-state index >= 15 is 0 Å². The molecule has 0 aromatic rings. The van der Waals surface area contributed by atoms with E-state index in [1.807, 2.05) is 13.8 Å². The maximum Gasteiger partial charge on any atom is 0.331 e. The Kier molecular flexibility index (Phi) is 5.89. The summed E-state index contributed by atoms with van der Waals surface area (Å²) in [6.45, 7) is 8.12. The minimum absolute atomic E-state index is 0.139. The summed E-state index contributed by atoms with van der Waals surface area (Å²) in [7, 11) is -3.47. The Morgan fingerprint density at radius 2 is 1.89 bits per heavy atom. The van der Waals surface area contributed by atoms with Crippen molar-refractivity contribution < 1.29 is 14.0 Å². The maximum atomic E-state index is 12.4. The van der Waals surface area contributed by atoms with Gasteiger partial charge in [-0.2, -0.15) is 0 Å². The Labute approximate surface area is 112 Å². The molecule has 1 saturated carbocycles. The molecule has 2 unspecified atom stereocenters. The summed E-state index contributed by atoms with van der Waals surface area (Å²) in [6.07, 6.45) is 7.09. The van der Waals surface area contributed by atoms with Crippen LogP contribution in [-0.2, 0) is 9.09 Å². The van der Waals surface area contributed by atoms with Crippen LogP contribution in [0.4, 0.5) is 0 Å². The van der Waals surface area contributed by atoms with Crippen molar-refractivity contribution in [1.82, 2.24) is 0 Å². The Bertz CT molecular complexity index is 295. The molecule has 2 atom stereocenters. The molecule has 1 aliphatic rings. The molecule has 0 aromatic carbocycles. The van der Waals surface area contributed by atoms with Crippen LogP contribution in [0.25, 0.3) is 0 Å². The first-order chi connectivity index (χ1) is 8.29. The summed E-state index contributed by atoms with van der Waals surface area (Å²) >= 11 is 0. The van der Waals surface area contributed by atoms with Gasteiger partial charge >= 0.3 is 7.60 Å². The minimum Gasteiger partial charge on any atom is -0.324 e. The first kappa shape index (κ1) is 16.2. The van der Waals surface area contributed by atoms with Crippen LogP contribution in [0.1, 0.15) is 72.6 Å². The van der Waals surface area contributed by atoms with Gasteiger partial charge in [0.05, 0.1) is 11.3 Å². The van der Waals surface area contributed by atoms with Gasteiger partial charge in [-0.3, -0.25) is 4.57 Å². The van der Waals surface area contributed by atoms with Crippen LogP contribution in [0.3, 0.4) is 0 Å². The molecule has 0 aromatic heterocycles. The van der Waals surface area contributed by atoms with E-state index in [2.05, 4.69) is 13.8 Å². The summed E-state index contributed by atoms with van der Waals surface area (Å²) < 4.78 is 18.1. The van der Waals surface area contributed by atoms with Crippen molar-refractivity contribution in [2.75, 3.05) is 0 Å². The van der Waals surface area contributed by atoms with Gasteiger partial charge in [-0.05, 0) is 39.0 Å². The van der Waals surface area contributed by atoms with Gasteiger partial charge in [0.25, 0.3) is 0 Å². The van der Waals surface area contributed by atoms with E-state index in [9.17, 15) is 9.46 Å². The third kappa shape index (κ3) is 4.36. The normalized spacial score (nSPS) is 23.6. The lowest BCUT2D eigenvalue weighted by molar-refractivity contribution is 0.0328. The molecule has 0 amide bonds. The fourth-order valence-electron chi connectivity index (χ4n) is 2.69. The molecule has 108 valence electrons. The number of hydrogen-bond acceptors (Lipinski definition) is 2. The van der Waals surface area contributed by atoms with Gasteiger partial charge in [0.2, 0.25) is 0 Å². The van der Waals surface area contributed by atoms with Crippen molar-refractivity contribution in [2.45, 2.75) is 83.9 Å². The third-order valence-corrected chi connectivity index (χ3v) is 6.48. The maximum absolute atomic E-state index is 12.4. The van der Waals surface area contributed by atoms with E-state index in [1.165, 1.54) is 6.42 Å². The van der Waals surface area contributed by atoms with Gasteiger partial charge in [0.15, 0.2) is 0 Å². The summed E-state index contributed by atoms with van der Waals surface area (Å²) in [5.41, 5.74) is -0.656. The van der Waals surface area contributed by atoms with Gasteiger partial charge in [-0.1, -0.05) is 39.5 Å². The van der Waals surface area contributed by atoms with Gasteiger partial charge in [-0.25, -0.2) is 0 Å². The van der Waals surface area contributed by atoms with Gasteiger partial charge in [0, 0.05) is 0 Å². The lowest BCUT2D eigenvalue weighted by Gasteiger charge is -2.36. The fourth-order valence-corrected chi connectivity index (χ4v) is 4.71. The van der Waals surface area contributed by atoms with Gasteiger partial charge < -0.3 is 9.42 Å². The summed E-state index contributed by atoms with van der Waals surface area (Å²) in [6, 6.07) is 0. The zero-order chi connectivity index (χ0) is 13.8. The Hall–Kier alpha value is 0.150. The molecule has 3 nitrogen and oxygen atoms in total. The largest absolute Gasteiger partial charge is 0.331 e. The highest BCUT2D eigenvalue weighted by Gasteiger charge is 2.40. The smallest absolute Gasteiger partial charge is 0.324 e. The van der Waals surface area contributed by atoms with E-state index in [0.29, 0.717) is 5.92 Å². The van der Waals surface area contributed by atoms with Crippen molar-refractivity contribution in [3.63, 3.8) is 0 Å². The Morgan fingerprint density at radius 1 is 1.33 bits per heavy atom.